The van der Waals surface area contributed by atoms with Crippen molar-refractivity contribution in [2.24, 2.45) is 0 Å². The summed E-state index contributed by atoms with van der Waals surface area (Å²) in [7, 11) is -2.23. The molecule has 0 saturated carbocycles. The zero-order chi connectivity index (χ0) is 17.3. The Morgan fingerprint density at radius 1 is 1.17 bits per heavy atom. The van der Waals surface area contributed by atoms with Gasteiger partial charge in [-0.05, 0) is 54.1 Å². The van der Waals surface area contributed by atoms with Gasteiger partial charge in [0.2, 0.25) is 0 Å². The van der Waals surface area contributed by atoms with Crippen molar-refractivity contribution < 1.29 is 14.6 Å². The first-order valence-electron chi connectivity index (χ1n) is 7.82. The maximum Gasteiger partial charge on any atom is 0.278 e. The van der Waals surface area contributed by atoms with E-state index in [4.69, 9.17) is 0 Å². The molecule has 0 spiro atoms. The van der Waals surface area contributed by atoms with Gasteiger partial charge in [-0.2, -0.15) is 0 Å². The van der Waals surface area contributed by atoms with Gasteiger partial charge in [0.05, 0.1) is 20.1 Å². The number of amides is 1. The monoisotopic (exact) mass is 344 g/mol. The number of benzene rings is 2. The second kappa shape index (κ2) is 6.52. The SMILES string of the molecule is CP(C)(=O)CNCN(O)C(=O)c1ccc2c(c1)Cc1ccccc1-2. The average Bonchev–Trinajstić information content (AvgIpc) is 2.90. The summed E-state index contributed by atoms with van der Waals surface area (Å²) >= 11 is 0. The highest BCUT2D eigenvalue weighted by atomic mass is 31.2. The van der Waals surface area contributed by atoms with Crippen LogP contribution in [0, 0.1) is 0 Å². The van der Waals surface area contributed by atoms with Gasteiger partial charge in [-0.1, -0.05) is 30.3 Å². The van der Waals surface area contributed by atoms with Crippen molar-refractivity contribution in [2.75, 3.05) is 26.3 Å². The van der Waals surface area contributed by atoms with Crippen molar-refractivity contribution in [3.05, 3.63) is 59.2 Å². The zero-order valence-corrected chi connectivity index (χ0v) is 14.7. The molecule has 2 aromatic carbocycles. The van der Waals surface area contributed by atoms with Gasteiger partial charge >= 0.3 is 0 Å². The summed E-state index contributed by atoms with van der Waals surface area (Å²) < 4.78 is 11.6. The first-order valence-corrected chi connectivity index (χ1v) is 10.6. The first-order chi connectivity index (χ1) is 11.3. The van der Waals surface area contributed by atoms with E-state index in [2.05, 4.69) is 17.4 Å². The Hall–Kier alpha value is -1.94. The Morgan fingerprint density at radius 2 is 1.88 bits per heavy atom. The highest BCUT2D eigenvalue weighted by Crippen LogP contribution is 2.37. The lowest BCUT2D eigenvalue weighted by atomic mass is 10.0. The molecule has 1 amide bonds. The number of hydrogen-bond acceptors (Lipinski definition) is 4. The summed E-state index contributed by atoms with van der Waals surface area (Å²) in [6.07, 6.45) is 1.07. The van der Waals surface area contributed by atoms with Gasteiger partial charge in [0.25, 0.3) is 5.91 Å². The summed E-state index contributed by atoms with van der Waals surface area (Å²) in [5.74, 6) is -0.469. The fourth-order valence-electron chi connectivity index (χ4n) is 2.92. The molecule has 5 nitrogen and oxygen atoms in total. The number of hydrogen-bond donors (Lipinski definition) is 2. The van der Waals surface area contributed by atoms with Gasteiger partial charge in [0.1, 0.15) is 0 Å². The van der Waals surface area contributed by atoms with E-state index in [1.165, 1.54) is 11.1 Å². The molecule has 0 aromatic heterocycles. The molecule has 0 atom stereocenters. The maximum atomic E-state index is 12.3. The van der Waals surface area contributed by atoms with E-state index in [1.54, 1.807) is 19.4 Å². The van der Waals surface area contributed by atoms with E-state index in [9.17, 15) is 14.6 Å². The second-order valence-corrected chi connectivity index (χ2v) is 10.0. The van der Waals surface area contributed by atoms with Gasteiger partial charge < -0.3 is 4.57 Å². The van der Waals surface area contributed by atoms with Crippen molar-refractivity contribution in [1.29, 1.82) is 0 Å². The smallest absolute Gasteiger partial charge is 0.278 e. The minimum Gasteiger partial charge on any atom is -0.323 e. The number of hydroxylamine groups is 2. The Balaban J connectivity index is 1.71. The zero-order valence-electron chi connectivity index (χ0n) is 13.8. The molecule has 0 fully saturated rings. The number of fused-ring (bicyclic) bond motifs is 3. The molecule has 1 aliphatic rings. The number of rotatable bonds is 5. The predicted octanol–water partition coefficient (Wildman–Crippen LogP) is 3.22. The molecular formula is C18H21N2O3P. The Labute approximate surface area is 141 Å². The summed E-state index contributed by atoms with van der Waals surface area (Å²) in [4.78, 5) is 12.3. The third kappa shape index (κ3) is 3.59. The Morgan fingerprint density at radius 3 is 2.62 bits per heavy atom. The van der Waals surface area contributed by atoms with E-state index in [0.29, 0.717) is 10.6 Å². The van der Waals surface area contributed by atoms with Gasteiger partial charge in [0, 0.05) is 5.56 Å². The summed E-state index contributed by atoms with van der Waals surface area (Å²) in [5.41, 5.74) is 5.14. The average molecular weight is 344 g/mol. The lowest BCUT2D eigenvalue weighted by molar-refractivity contribution is -0.0622. The van der Waals surface area contributed by atoms with Crippen LogP contribution in [-0.4, -0.2) is 42.5 Å². The van der Waals surface area contributed by atoms with Crippen molar-refractivity contribution in [2.45, 2.75) is 6.42 Å². The summed E-state index contributed by atoms with van der Waals surface area (Å²) in [6.45, 7) is 3.26. The molecule has 2 N–H and O–H groups in total. The number of nitrogens with one attached hydrogen (secondary N) is 1. The van der Waals surface area contributed by atoms with Gasteiger partial charge in [-0.3, -0.25) is 15.3 Å². The quantitative estimate of drug-likeness (QED) is 0.323. The van der Waals surface area contributed by atoms with E-state index >= 15 is 0 Å². The third-order valence-electron chi connectivity index (χ3n) is 4.03. The van der Waals surface area contributed by atoms with Gasteiger partial charge in [-0.15, -0.1) is 0 Å². The van der Waals surface area contributed by atoms with E-state index in [1.807, 2.05) is 24.3 Å². The highest BCUT2D eigenvalue weighted by molar-refractivity contribution is 7.62. The molecule has 126 valence electrons. The molecule has 0 heterocycles. The number of carbonyl (C=O) groups is 1. The van der Waals surface area contributed by atoms with Crippen molar-refractivity contribution in [3.63, 3.8) is 0 Å². The molecule has 0 radical (unpaired) electrons. The van der Waals surface area contributed by atoms with Gasteiger partial charge in [-0.25, -0.2) is 5.06 Å². The molecule has 0 unspecified atom stereocenters. The van der Waals surface area contributed by atoms with E-state index in [-0.39, 0.29) is 13.0 Å². The standard InChI is InChI=1S/C18H21N2O3P/c1-24(2,23)12-19-11-20(22)18(21)14-7-8-17-15(10-14)9-13-5-3-4-6-16(13)17/h3-8,10,19,22H,9,11-12H2,1-2H3. The Kier molecular flexibility index (Phi) is 4.59. The lowest BCUT2D eigenvalue weighted by Gasteiger charge is -2.17. The molecule has 24 heavy (non-hydrogen) atoms. The second-order valence-electron chi connectivity index (χ2n) is 6.55. The minimum atomic E-state index is -2.23. The summed E-state index contributed by atoms with van der Waals surface area (Å²) in [5, 5.41) is 13.4. The molecule has 0 aliphatic heterocycles. The van der Waals surface area contributed by atoms with Crippen LogP contribution in [0.4, 0.5) is 0 Å². The van der Waals surface area contributed by atoms with Crippen LogP contribution in [0.2, 0.25) is 0 Å². The minimum absolute atomic E-state index is 0.0538. The van der Waals surface area contributed by atoms with Crippen LogP contribution >= 0.6 is 7.14 Å². The van der Waals surface area contributed by atoms with Crippen LogP contribution in [0.25, 0.3) is 11.1 Å². The van der Waals surface area contributed by atoms with E-state index < -0.39 is 13.0 Å². The fraction of sp³-hybridized carbons (Fsp3) is 0.278. The summed E-state index contributed by atoms with van der Waals surface area (Å²) in [6, 6.07) is 13.7. The highest BCUT2D eigenvalue weighted by Gasteiger charge is 2.21. The maximum absolute atomic E-state index is 12.3. The molecule has 6 heteroatoms. The van der Waals surface area contributed by atoms with Crippen LogP contribution in [0.1, 0.15) is 21.5 Å². The molecule has 3 rings (SSSR count). The molecular weight excluding hydrogens is 323 g/mol. The van der Waals surface area contributed by atoms with Crippen LogP contribution < -0.4 is 5.32 Å². The largest absolute Gasteiger partial charge is 0.323 e. The van der Waals surface area contributed by atoms with Crippen molar-refractivity contribution in [1.82, 2.24) is 10.4 Å². The predicted molar refractivity (Wildman–Crippen MR) is 95.0 cm³/mol. The van der Waals surface area contributed by atoms with E-state index in [0.717, 1.165) is 17.5 Å². The number of carbonyl (C=O) groups excluding carboxylic acids is 1. The van der Waals surface area contributed by atoms with Crippen molar-refractivity contribution >= 4 is 13.0 Å². The molecule has 2 aromatic rings. The fourth-order valence-corrected chi connectivity index (χ4v) is 3.56. The van der Waals surface area contributed by atoms with Crippen molar-refractivity contribution in [3.8, 4) is 11.1 Å². The third-order valence-corrected chi connectivity index (χ3v) is 5.01. The van der Waals surface area contributed by atoms with Crippen LogP contribution in [0.3, 0.4) is 0 Å². The first kappa shape index (κ1) is 16.9. The normalized spacial score (nSPS) is 12.6. The van der Waals surface area contributed by atoms with Gasteiger partial charge in [0.15, 0.2) is 0 Å². The Bertz CT molecular complexity index is 829. The lowest BCUT2D eigenvalue weighted by Crippen LogP contribution is -2.36. The topological polar surface area (TPSA) is 69.6 Å². The van der Waals surface area contributed by atoms with Crippen LogP contribution in [0.5, 0.6) is 0 Å². The molecule has 0 saturated heterocycles. The molecule has 1 aliphatic carbocycles. The number of nitrogens with zero attached hydrogens (tertiary/aromatic N) is 1. The van der Waals surface area contributed by atoms with Crippen LogP contribution in [0.15, 0.2) is 42.5 Å². The molecule has 0 bridgehead atoms. The van der Waals surface area contributed by atoms with Crippen LogP contribution in [-0.2, 0) is 11.0 Å².